The van der Waals surface area contributed by atoms with Crippen molar-refractivity contribution in [3.8, 4) is 5.69 Å². The summed E-state index contributed by atoms with van der Waals surface area (Å²) in [7, 11) is -3.90. The van der Waals surface area contributed by atoms with Gasteiger partial charge in [0.15, 0.2) is 0 Å². The molecule has 0 unspecified atom stereocenters. The molecule has 0 bridgehead atoms. The molecule has 4 rings (SSSR count). The van der Waals surface area contributed by atoms with Crippen molar-refractivity contribution in [2.45, 2.75) is 11.8 Å². The Balaban J connectivity index is 1.52. The number of nitrogens with one attached hydrogen (secondary N) is 2. The SMILES string of the molecule is Cc1ccc(NS(=O)(=O)c2ccsc2C(=O)Nc2ccc(-n3cccn3)cc2)cc1. The lowest BCUT2D eigenvalue weighted by atomic mass is 10.2. The minimum Gasteiger partial charge on any atom is -0.321 e. The number of benzene rings is 2. The number of carbonyl (C=O) groups is 1. The van der Waals surface area contributed by atoms with Gasteiger partial charge in [0, 0.05) is 23.8 Å². The summed E-state index contributed by atoms with van der Waals surface area (Å²) < 4.78 is 29.8. The van der Waals surface area contributed by atoms with Crippen LogP contribution in [0.1, 0.15) is 15.2 Å². The predicted molar refractivity (Wildman–Crippen MR) is 118 cm³/mol. The number of nitrogens with zero attached hydrogens (tertiary/aromatic N) is 2. The van der Waals surface area contributed by atoms with E-state index in [9.17, 15) is 13.2 Å². The van der Waals surface area contributed by atoms with E-state index in [0.717, 1.165) is 22.6 Å². The second-order valence-corrected chi connectivity index (χ2v) is 9.10. The number of rotatable bonds is 6. The van der Waals surface area contributed by atoms with Gasteiger partial charge in [-0.15, -0.1) is 11.3 Å². The molecular weight excluding hydrogens is 420 g/mol. The second kappa shape index (κ2) is 8.13. The lowest BCUT2D eigenvalue weighted by molar-refractivity contribution is 0.102. The van der Waals surface area contributed by atoms with Crippen LogP contribution in [0.15, 0.2) is 83.3 Å². The van der Waals surface area contributed by atoms with Gasteiger partial charge in [0.2, 0.25) is 0 Å². The van der Waals surface area contributed by atoms with E-state index >= 15 is 0 Å². The summed E-state index contributed by atoms with van der Waals surface area (Å²) in [5.41, 5.74) is 2.86. The molecule has 0 saturated carbocycles. The summed E-state index contributed by atoms with van der Waals surface area (Å²) in [4.78, 5) is 12.8. The van der Waals surface area contributed by atoms with Crippen molar-refractivity contribution >= 4 is 38.6 Å². The molecule has 2 heterocycles. The zero-order chi connectivity index (χ0) is 21.1. The van der Waals surface area contributed by atoms with Crippen LogP contribution >= 0.6 is 11.3 Å². The van der Waals surface area contributed by atoms with Gasteiger partial charge in [-0.1, -0.05) is 17.7 Å². The Labute approximate surface area is 178 Å². The highest BCUT2D eigenvalue weighted by atomic mass is 32.2. The van der Waals surface area contributed by atoms with Gasteiger partial charge >= 0.3 is 0 Å². The van der Waals surface area contributed by atoms with E-state index in [1.54, 1.807) is 40.5 Å². The quantitative estimate of drug-likeness (QED) is 0.469. The third-order valence-electron chi connectivity index (χ3n) is 4.32. The van der Waals surface area contributed by atoms with Crippen molar-refractivity contribution in [2.75, 3.05) is 10.0 Å². The van der Waals surface area contributed by atoms with Gasteiger partial charge in [0.05, 0.1) is 5.69 Å². The van der Waals surface area contributed by atoms with Crippen LogP contribution in [-0.2, 0) is 10.0 Å². The molecular formula is C21H18N4O3S2. The van der Waals surface area contributed by atoms with Gasteiger partial charge in [-0.25, -0.2) is 13.1 Å². The highest BCUT2D eigenvalue weighted by Crippen LogP contribution is 2.26. The first kappa shape index (κ1) is 19.9. The Kier molecular flexibility index (Phi) is 5.39. The molecule has 0 fully saturated rings. The molecule has 30 heavy (non-hydrogen) atoms. The van der Waals surface area contributed by atoms with E-state index in [0.29, 0.717) is 11.4 Å². The minimum absolute atomic E-state index is 0.0567. The maximum atomic E-state index is 12.8. The fraction of sp³-hybridized carbons (Fsp3) is 0.0476. The number of thiophene rings is 1. The fourth-order valence-electron chi connectivity index (χ4n) is 2.81. The first-order valence-electron chi connectivity index (χ1n) is 9.01. The van der Waals surface area contributed by atoms with Crippen LogP contribution < -0.4 is 10.0 Å². The van der Waals surface area contributed by atoms with Crippen LogP contribution in [0.2, 0.25) is 0 Å². The van der Waals surface area contributed by atoms with Crippen LogP contribution in [0.4, 0.5) is 11.4 Å². The zero-order valence-electron chi connectivity index (χ0n) is 15.9. The molecule has 0 spiro atoms. The Bertz CT molecular complexity index is 1260. The van der Waals surface area contributed by atoms with Gasteiger partial charge in [0.25, 0.3) is 15.9 Å². The average molecular weight is 439 g/mol. The van der Waals surface area contributed by atoms with E-state index < -0.39 is 15.9 Å². The molecule has 1 amide bonds. The lowest BCUT2D eigenvalue weighted by Crippen LogP contribution is -2.18. The van der Waals surface area contributed by atoms with Crippen LogP contribution in [0, 0.1) is 6.92 Å². The lowest BCUT2D eigenvalue weighted by Gasteiger charge is -2.10. The van der Waals surface area contributed by atoms with Crippen molar-refractivity contribution < 1.29 is 13.2 Å². The topological polar surface area (TPSA) is 93.1 Å². The smallest absolute Gasteiger partial charge is 0.267 e. The molecule has 0 saturated heterocycles. The van der Waals surface area contributed by atoms with Crippen LogP contribution in [0.3, 0.4) is 0 Å². The number of aromatic nitrogens is 2. The second-order valence-electron chi connectivity index (χ2n) is 6.54. The van der Waals surface area contributed by atoms with E-state index in [-0.39, 0.29) is 9.77 Å². The number of amides is 1. The summed E-state index contributed by atoms with van der Waals surface area (Å²) in [5, 5.41) is 8.49. The van der Waals surface area contributed by atoms with E-state index in [1.807, 2.05) is 43.5 Å². The Morgan fingerprint density at radius 3 is 2.37 bits per heavy atom. The van der Waals surface area contributed by atoms with E-state index in [4.69, 9.17) is 0 Å². The predicted octanol–water partition coefficient (Wildman–Crippen LogP) is 4.30. The number of aryl methyl sites for hydroxylation is 1. The van der Waals surface area contributed by atoms with Crippen molar-refractivity contribution in [3.05, 3.63) is 88.9 Å². The van der Waals surface area contributed by atoms with Gasteiger partial charge in [0.1, 0.15) is 9.77 Å². The highest BCUT2D eigenvalue weighted by Gasteiger charge is 2.24. The molecule has 2 aromatic heterocycles. The third kappa shape index (κ3) is 4.27. The standard InChI is InChI=1S/C21H18N4O3S2/c1-15-3-5-17(6-4-15)24-30(27,28)19-11-14-29-20(19)21(26)23-16-7-9-18(10-8-16)25-13-2-12-22-25/h2-14,24H,1H3,(H,23,26). The molecule has 0 aliphatic heterocycles. The largest absolute Gasteiger partial charge is 0.321 e. The van der Waals surface area contributed by atoms with Crippen molar-refractivity contribution in [3.63, 3.8) is 0 Å². The summed E-state index contributed by atoms with van der Waals surface area (Å²) in [5.74, 6) is -0.485. The number of hydrogen-bond acceptors (Lipinski definition) is 5. The van der Waals surface area contributed by atoms with Gasteiger partial charge < -0.3 is 5.32 Å². The molecule has 7 nitrogen and oxygen atoms in total. The van der Waals surface area contributed by atoms with Crippen LogP contribution in [0.25, 0.3) is 5.69 Å². The minimum atomic E-state index is -3.90. The molecule has 9 heteroatoms. The molecule has 0 aliphatic carbocycles. The fourth-order valence-corrected chi connectivity index (χ4v) is 5.20. The molecule has 4 aromatic rings. The number of sulfonamides is 1. The van der Waals surface area contributed by atoms with Crippen molar-refractivity contribution in [1.82, 2.24) is 9.78 Å². The van der Waals surface area contributed by atoms with Gasteiger partial charge in [-0.2, -0.15) is 5.10 Å². The Hall–Kier alpha value is -3.43. The van der Waals surface area contributed by atoms with Gasteiger partial charge in [-0.3, -0.25) is 9.52 Å². The van der Waals surface area contributed by atoms with Crippen molar-refractivity contribution in [2.24, 2.45) is 0 Å². The number of carbonyl (C=O) groups excluding carboxylic acids is 1. The Morgan fingerprint density at radius 2 is 1.70 bits per heavy atom. The monoisotopic (exact) mass is 438 g/mol. The number of hydrogen-bond donors (Lipinski definition) is 2. The Morgan fingerprint density at radius 1 is 1.00 bits per heavy atom. The third-order valence-corrected chi connectivity index (χ3v) is 6.79. The molecule has 0 radical (unpaired) electrons. The van der Waals surface area contributed by atoms with E-state index in [2.05, 4.69) is 15.1 Å². The molecule has 0 aliphatic rings. The summed E-state index contributed by atoms with van der Waals surface area (Å²) >= 11 is 1.07. The maximum Gasteiger partial charge on any atom is 0.267 e. The highest BCUT2D eigenvalue weighted by molar-refractivity contribution is 7.93. The molecule has 0 atom stereocenters. The van der Waals surface area contributed by atoms with Crippen molar-refractivity contribution in [1.29, 1.82) is 0 Å². The summed E-state index contributed by atoms with van der Waals surface area (Å²) in [6.45, 7) is 1.92. The average Bonchev–Trinajstić information content (AvgIpc) is 3.43. The molecule has 2 N–H and O–H groups in total. The maximum absolute atomic E-state index is 12.8. The van der Waals surface area contributed by atoms with Gasteiger partial charge in [-0.05, 0) is 60.8 Å². The zero-order valence-corrected chi connectivity index (χ0v) is 17.6. The van der Waals surface area contributed by atoms with E-state index in [1.165, 1.54) is 6.07 Å². The van der Waals surface area contributed by atoms with Crippen LogP contribution in [0.5, 0.6) is 0 Å². The van der Waals surface area contributed by atoms with Crippen LogP contribution in [-0.4, -0.2) is 24.1 Å². The molecule has 2 aromatic carbocycles. The summed E-state index contributed by atoms with van der Waals surface area (Å²) in [6, 6.07) is 17.3. The number of anilines is 2. The summed E-state index contributed by atoms with van der Waals surface area (Å²) in [6.07, 6.45) is 3.50. The molecule has 152 valence electrons. The first-order valence-corrected chi connectivity index (χ1v) is 11.4. The normalized spacial score (nSPS) is 11.2. The first-order chi connectivity index (χ1) is 14.4.